The van der Waals surface area contributed by atoms with Gasteiger partial charge in [-0.3, -0.25) is 9.59 Å². The number of fused-ring (bicyclic) bond motifs is 5. The summed E-state index contributed by atoms with van der Waals surface area (Å²) < 4.78 is 16.0. The molecule has 0 radical (unpaired) electrons. The third-order valence-electron chi connectivity index (χ3n) is 5.68. The number of nitrogens with two attached hydrogens (primary N) is 1. The molecule has 0 saturated carbocycles. The second-order valence-electron chi connectivity index (χ2n) is 7.83. The quantitative estimate of drug-likeness (QED) is 0.703. The lowest BCUT2D eigenvalue weighted by atomic mass is 9.91. The van der Waals surface area contributed by atoms with Crippen molar-refractivity contribution in [3.63, 3.8) is 0 Å². The van der Waals surface area contributed by atoms with Crippen molar-refractivity contribution in [3.8, 4) is 22.6 Å². The summed E-state index contributed by atoms with van der Waals surface area (Å²) in [4.78, 5) is 37.9. The van der Waals surface area contributed by atoms with E-state index < -0.39 is 29.9 Å². The number of benzene rings is 2. The van der Waals surface area contributed by atoms with Gasteiger partial charge in [-0.1, -0.05) is 19.1 Å². The molecule has 0 aromatic heterocycles. The average Bonchev–Trinajstić information content (AvgIpc) is 2.81. The number of hydrogen-bond donors (Lipinski definition) is 2. The predicted molar refractivity (Wildman–Crippen MR) is 118 cm³/mol. The van der Waals surface area contributed by atoms with E-state index >= 15 is 0 Å². The number of hydrogen-bond acceptors (Lipinski definition) is 7. The molecule has 170 valence electrons. The van der Waals surface area contributed by atoms with Gasteiger partial charge in [-0.2, -0.15) is 0 Å². The van der Waals surface area contributed by atoms with Gasteiger partial charge in [0.05, 0.1) is 27.4 Å². The van der Waals surface area contributed by atoms with Crippen LogP contribution in [-0.4, -0.2) is 45.0 Å². The van der Waals surface area contributed by atoms with Gasteiger partial charge in [0.2, 0.25) is 5.91 Å². The molecule has 3 rings (SSSR count). The van der Waals surface area contributed by atoms with Crippen LogP contribution in [0.15, 0.2) is 36.4 Å². The van der Waals surface area contributed by atoms with Crippen LogP contribution < -0.4 is 20.5 Å². The number of ketones is 1. The molecule has 1 heterocycles. The number of esters is 1. The highest BCUT2D eigenvalue weighted by Crippen LogP contribution is 2.39. The third-order valence-corrected chi connectivity index (χ3v) is 5.68. The first-order valence-corrected chi connectivity index (χ1v) is 10.3. The first kappa shape index (κ1) is 23.3. The first-order chi connectivity index (χ1) is 15.3. The summed E-state index contributed by atoms with van der Waals surface area (Å²) in [5.74, 6) is -0.755. The van der Waals surface area contributed by atoms with Crippen LogP contribution >= 0.6 is 0 Å². The van der Waals surface area contributed by atoms with Crippen molar-refractivity contribution < 1.29 is 28.6 Å². The van der Waals surface area contributed by atoms with E-state index in [4.69, 9.17) is 19.9 Å². The van der Waals surface area contributed by atoms with Gasteiger partial charge in [-0.25, -0.2) is 4.79 Å². The van der Waals surface area contributed by atoms with Crippen LogP contribution in [0.25, 0.3) is 11.1 Å². The Balaban J connectivity index is 2.21. The van der Waals surface area contributed by atoms with Crippen molar-refractivity contribution in [2.45, 2.75) is 31.8 Å². The van der Waals surface area contributed by atoms with Crippen molar-refractivity contribution in [3.05, 3.63) is 47.5 Å². The fourth-order valence-electron chi connectivity index (χ4n) is 3.81. The summed E-state index contributed by atoms with van der Waals surface area (Å²) >= 11 is 0. The van der Waals surface area contributed by atoms with Gasteiger partial charge in [0.1, 0.15) is 17.5 Å². The Bertz CT molecular complexity index is 1040. The summed E-state index contributed by atoms with van der Waals surface area (Å²) in [7, 11) is 4.38. The van der Waals surface area contributed by atoms with E-state index in [1.54, 1.807) is 45.4 Å². The topological polar surface area (TPSA) is 117 Å². The maximum absolute atomic E-state index is 12.8. The Morgan fingerprint density at radius 2 is 1.59 bits per heavy atom. The predicted octanol–water partition coefficient (Wildman–Crippen LogP) is 2.18. The SMILES string of the molecule is COC(=O)[C@@H]1Cc2ccc(OC)c(c2)-c2cc(ccc2OC)[C@H](N)C(=O)C[C@@H](C)C(=O)N1. The minimum atomic E-state index is -0.913. The molecule has 0 aliphatic carbocycles. The molecule has 32 heavy (non-hydrogen) atoms. The number of ether oxygens (including phenoxy) is 3. The number of carbonyl (C=O) groups is 3. The van der Waals surface area contributed by atoms with Gasteiger partial charge >= 0.3 is 5.97 Å². The maximum Gasteiger partial charge on any atom is 0.328 e. The van der Waals surface area contributed by atoms with Crippen LogP contribution in [0, 0.1) is 5.92 Å². The Labute approximate surface area is 187 Å². The molecule has 8 heteroatoms. The first-order valence-electron chi connectivity index (χ1n) is 10.3. The average molecular weight is 440 g/mol. The van der Waals surface area contributed by atoms with Gasteiger partial charge < -0.3 is 25.3 Å². The molecule has 0 unspecified atom stereocenters. The Morgan fingerprint density at radius 3 is 2.22 bits per heavy atom. The highest BCUT2D eigenvalue weighted by Gasteiger charge is 2.29. The van der Waals surface area contributed by atoms with E-state index in [2.05, 4.69) is 5.32 Å². The lowest BCUT2D eigenvalue weighted by Gasteiger charge is -2.22. The minimum Gasteiger partial charge on any atom is -0.496 e. The number of carbonyl (C=O) groups excluding carboxylic acids is 3. The third kappa shape index (κ3) is 4.75. The Kier molecular flexibility index (Phi) is 7.15. The van der Waals surface area contributed by atoms with E-state index in [0.717, 1.165) is 5.56 Å². The smallest absolute Gasteiger partial charge is 0.328 e. The molecule has 2 aromatic rings. The summed E-state index contributed by atoms with van der Waals surface area (Å²) in [6.07, 6.45) is 0.147. The second kappa shape index (κ2) is 9.82. The summed E-state index contributed by atoms with van der Waals surface area (Å²) in [5, 5.41) is 2.71. The number of amides is 1. The van der Waals surface area contributed by atoms with Crippen LogP contribution in [0.3, 0.4) is 0 Å². The van der Waals surface area contributed by atoms with Crippen LogP contribution in [-0.2, 0) is 25.5 Å². The van der Waals surface area contributed by atoms with Gasteiger partial charge in [0.15, 0.2) is 5.78 Å². The lowest BCUT2D eigenvalue weighted by Crippen LogP contribution is -2.45. The molecule has 3 N–H and O–H groups in total. The van der Waals surface area contributed by atoms with Crippen molar-refractivity contribution in [1.82, 2.24) is 5.32 Å². The van der Waals surface area contributed by atoms with Gasteiger partial charge in [-0.15, -0.1) is 0 Å². The number of methoxy groups -OCH3 is 3. The summed E-state index contributed by atoms with van der Waals surface area (Å²) in [5.41, 5.74) is 9.06. The van der Waals surface area contributed by atoms with Crippen LogP contribution in [0.5, 0.6) is 11.5 Å². The number of nitrogens with one attached hydrogen (secondary N) is 1. The van der Waals surface area contributed by atoms with Gasteiger partial charge in [0, 0.05) is 29.9 Å². The van der Waals surface area contributed by atoms with Crippen molar-refractivity contribution in [1.29, 1.82) is 0 Å². The number of rotatable bonds is 3. The largest absolute Gasteiger partial charge is 0.496 e. The van der Waals surface area contributed by atoms with Gasteiger partial charge in [0.25, 0.3) is 0 Å². The molecule has 1 amide bonds. The zero-order chi connectivity index (χ0) is 23.4. The molecule has 0 fully saturated rings. The van der Waals surface area contributed by atoms with E-state index in [-0.39, 0.29) is 18.6 Å². The van der Waals surface area contributed by atoms with Crippen LogP contribution in [0.1, 0.15) is 30.5 Å². The maximum atomic E-state index is 12.8. The summed E-state index contributed by atoms with van der Waals surface area (Å²) in [6.45, 7) is 1.63. The molecule has 4 bridgehead atoms. The number of Topliss-reactive ketones (excluding diaryl/α,β-unsaturated/α-hetero) is 1. The van der Waals surface area contributed by atoms with E-state index in [1.165, 1.54) is 7.11 Å². The highest BCUT2D eigenvalue weighted by atomic mass is 16.5. The normalized spacial score (nSPS) is 21.2. The fraction of sp³-hybridized carbons (Fsp3) is 0.375. The lowest BCUT2D eigenvalue weighted by molar-refractivity contribution is -0.145. The molecule has 2 aromatic carbocycles. The zero-order valence-corrected chi connectivity index (χ0v) is 18.6. The minimum absolute atomic E-state index is 0.0587. The summed E-state index contributed by atoms with van der Waals surface area (Å²) in [6, 6.07) is 8.95. The zero-order valence-electron chi connectivity index (χ0n) is 18.6. The fourth-order valence-corrected chi connectivity index (χ4v) is 3.81. The van der Waals surface area contributed by atoms with E-state index in [0.29, 0.717) is 28.2 Å². The standard InChI is InChI=1S/C24H28N2O6/c1-13-9-19(27)22(25)15-6-8-21(31-3)17(12-15)16-10-14(5-7-20(16)30-2)11-18(24(29)32-4)26-23(13)28/h5-8,10,12-13,18,22H,9,11,25H2,1-4H3,(H,26,28)/t13-,18+,22+/m1/s1. The molecule has 3 atom stereocenters. The highest BCUT2D eigenvalue weighted by molar-refractivity contribution is 5.92. The van der Waals surface area contributed by atoms with E-state index in [1.807, 2.05) is 12.1 Å². The molecule has 0 saturated heterocycles. The van der Waals surface area contributed by atoms with Crippen LogP contribution in [0.4, 0.5) is 0 Å². The van der Waals surface area contributed by atoms with Crippen molar-refractivity contribution >= 4 is 17.7 Å². The van der Waals surface area contributed by atoms with Crippen molar-refractivity contribution in [2.75, 3.05) is 21.3 Å². The van der Waals surface area contributed by atoms with E-state index in [9.17, 15) is 14.4 Å². The van der Waals surface area contributed by atoms with Gasteiger partial charge in [-0.05, 0) is 35.4 Å². The second-order valence-corrected chi connectivity index (χ2v) is 7.83. The van der Waals surface area contributed by atoms with Crippen molar-refractivity contribution in [2.24, 2.45) is 11.7 Å². The molecule has 0 spiro atoms. The monoisotopic (exact) mass is 440 g/mol. The molecule has 1 aliphatic rings. The molecule has 1 aliphatic heterocycles. The van der Waals surface area contributed by atoms with Crippen LogP contribution in [0.2, 0.25) is 0 Å². The molecule has 8 nitrogen and oxygen atoms in total. The Morgan fingerprint density at radius 1 is 0.969 bits per heavy atom. The molecular weight excluding hydrogens is 412 g/mol. The Hall–Kier alpha value is -3.39. The molecular formula is C24H28N2O6.